The van der Waals surface area contributed by atoms with Gasteiger partial charge in [-0.2, -0.15) is 0 Å². The number of furan rings is 2. The zero-order valence-corrected chi connectivity index (χ0v) is 22.5. The number of nitrogens with zero attached hydrogens (tertiary/aromatic N) is 3. The molecule has 3 heterocycles. The average molecular weight is 584 g/mol. The molecule has 0 saturated heterocycles. The fraction of sp³-hybridized carbons (Fsp3) is 0.133. The lowest BCUT2D eigenvalue weighted by atomic mass is 10.0. The summed E-state index contributed by atoms with van der Waals surface area (Å²) in [7, 11) is 2.06. The fourth-order valence-electron chi connectivity index (χ4n) is 5.52. The first-order chi connectivity index (χ1) is 17.4. The minimum absolute atomic E-state index is 0.879. The molecule has 0 aliphatic carbocycles. The molecule has 0 fully saturated rings. The Labute approximate surface area is 221 Å². The Bertz CT molecular complexity index is 2010. The van der Waals surface area contributed by atoms with E-state index in [1.807, 2.05) is 24.3 Å². The van der Waals surface area contributed by atoms with E-state index in [-0.39, 0.29) is 0 Å². The Morgan fingerprint density at radius 2 is 1.39 bits per heavy atom. The van der Waals surface area contributed by atoms with Crippen LogP contribution in [0.3, 0.4) is 0 Å². The molecule has 7 aromatic rings. The highest BCUT2D eigenvalue weighted by molar-refractivity contribution is 14.1. The maximum atomic E-state index is 6.47. The van der Waals surface area contributed by atoms with E-state index < -0.39 is 0 Å². The van der Waals surface area contributed by atoms with Crippen LogP contribution < -0.4 is 4.57 Å². The summed E-state index contributed by atoms with van der Waals surface area (Å²) in [6.45, 7) is 6.41. The van der Waals surface area contributed by atoms with Crippen LogP contribution in [0.4, 0.5) is 0 Å². The van der Waals surface area contributed by atoms with E-state index in [0.717, 1.165) is 81.5 Å². The standard InChI is InChI=1S/C30H23IN3O2/c1-16-13-14-21-19-9-5-7-11-23(19)36-28(21)25(16)29-33(4)30(31)32-34(29)26-17(2)15-22-20-10-6-8-12-24(20)35-27(22)18(26)3/h5-15H,1-4H3/q+1. The van der Waals surface area contributed by atoms with Crippen LogP contribution in [-0.4, -0.2) is 9.78 Å². The molecular weight excluding hydrogens is 561 g/mol. The number of halogens is 1. The van der Waals surface area contributed by atoms with Gasteiger partial charge in [0, 0.05) is 49.7 Å². The van der Waals surface area contributed by atoms with Crippen LogP contribution in [0.25, 0.3) is 61.0 Å². The van der Waals surface area contributed by atoms with Gasteiger partial charge in [-0.25, -0.2) is 4.57 Å². The van der Waals surface area contributed by atoms with Crippen LogP contribution in [0.1, 0.15) is 16.7 Å². The van der Waals surface area contributed by atoms with Crippen LogP contribution in [0.5, 0.6) is 0 Å². The van der Waals surface area contributed by atoms with Gasteiger partial charge in [-0.3, -0.25) is 0 Å². The van der Waals surface area contributed by atoms with Crippen LogP contribution in [0.15, 0.2) is 75.6 Å². The lowest BCUT2D eigenvalue weighted by molar-refractivity contribution is -0.673. The molecule has 7 rings (SSSR count). The topological polar surface area (TPSA) is 48.0 Å². The Morgan fingerprint density at radius 1 is 0.750 bits per heavy atom. The summed E-state index contributed by atoms with van der Waals surface area (Å²) < 4.78 is 17.9. The number of rotatable bonds is 2. The van der Waals surface area contributed by atoms with Crippen molar-refractivity contribution >= 4 is 66.5 Å². The summed E-state index contributed by atoms with van der Waals surface area (Å²) in [6, 6.07) is 23.0. The van der Waals surface area contributed by atoms with E-state index in [9.17, 15) is 0 Å². The molecule has 5 nitrogen and oxygen atoms in total. The van der Waals surface area contributed by atoms with Gasteiger partial charge in [0.05, 0.1) is 17.7 Å². The van der Waals surface area contributed by atoms with E-state index in [4.69, 9.17) is 13.9 Å². The number of hydrogen-bond acceptors (Lipinski definition) is 3. The Morgan fingerprint density at radius 3 is 2.11 bits per heavy atom. The molecule has 0 amide bonds. The van der Waals surface area contributed by atoms with Gasteiger partial charge in [0.15, 0.2) is 5.69 Å². The van der Waals surface area contributed by atoms with Gasteiger partial charge < -0.3 is 8.83 Å². The molecule has 0 saturated carbocycles. The van der Waals surface area contributed by atoms with E-state index in [2.05, 4.69) is 102 Å². The third-order valence-electron chi connectivity index (χ3n) is 7.23. The average Bonchev–Trinajstić information content (AvgIpc) is 3.52. The maximum Gasteiger partial charge on any atom is 0.337 e. The predicted octanol–water partition coefficient (Wildman–Crippen LogP) is 7.69. The largest absolute Gasteiger partial charge is 0.456 e. The van der Waals surface area contributed by atoms with Crippen molar-refractivity contribution in [2.24, 2.45) is 7.05 Å². The minimum Gasteiger partial charge on any atom is -0.456 e. The van der Waals surface area contributed by atoms with Crippen molar-refractivity contribution in [2.75, 3.05) is 0 Å². The third-order valence-corrected chi connectivity index (χ3v) is 8.17. The quantitative estimate of drug-likeness (QED) is 0.155. The second kappa shape index (κ2) is 7.67. The van der Waals surface area contributed by atoms with Crippen molar-refractivity contribution < 1.29 is 13.4 Å². The molecule has 0 unspecified atom stereocenters. The van der Waals surface area contributed by atoms with Crippen LogP contribution in [0.2, 0.25) is 0 Å². The Kier molecular flexibility index (Phi) is 4.61. The first-order valence-corrected chi connectivity index (χ1v) is 13.0. The summed E-state index contributed by atoms with van der Waals surface area (Å²) in [6.07, 6.45) is 0. The van der Waals surface area contributed by atoms with Gasteiger partial charge in [-0.15, -0.1) is 0 Å². The van der Waals surface area contributed by atoms with E-state index in [1.54, 1.807) is 0 Å². The smallest absolute Gasteiger partial charge is 0.337 e. The monoisotopic (exact) mass is 584 g/mol. The summed E-state index contributed by atoms with van der Waals surface area (Å²) in [5.74, 6) is 0.975. The highest BCUT2D eigenvalue weighted by Gasteiger charge is 2.32. The zero-order chi connectivity index (χ0) is 24.7. The highest BCUT2D eigenvalue weighted by Crippen LogP contribution is 2.40. The Balaban J connectivity index is 1.59. The van der Waals surface area contributed by atoms with Crippen LogP contribution >= 0.6 is 22.6 Å². The van der Waals surface area contributed by atoms with Crippen molar-refractivity contribution in [3.63, 3.8) is 0 Å². The van der Waals surface area contributed by atoms with Gasteiger partial charge in [0.1, 0.15) is 22.3 Å². The number of aryl methyl sites for hydroxylation is 3. The normalized spacial score (nSPS) is 12.0. The summed E-state index contributed by atoms with van der Waals surface area (Å²) >= 11 is 2.30. The van der Waals surface area contributed by atoms with Crippen molar-refractivity contribution in [3.8, 4) is 17.1 Å². The summed E-state index contributed by atoms with van der Waals surface area (Å²) in [4.78, 5) is 0. The van der Waals surface area contributed by atoms with Crippen molar-refractivity contribution in [2.45, 2.75) is 20.8 Å². The molecule has 0 bridgehead atoms. The second-order valence-corrected chi connectivity index (χ2v) is 10.4. The first-order valence-electron chi connectivity index (χ1n) is 11.9. The van der Waals surface area contributed by atoms with Crippen LogP contribution in [0, 0.1) is 24.6 Å². The molecular formula is C30H23IN3O2+. The molecule has 6 heteroatoms. The molecule has 4 aromatic carbocycles. The lowest BCUT2D eigenvalue weighted by Gasteiger charge is -2.10. The fourth-order valence-corrected chi connectivity index (χ4v) is 5.97. The number of aromatic nitrogens is 3. The molecule has 0 atom stereocenters. The summed E-state index contributed by atoms with van der Waals surface area (Å²) in [5, 5.41) is 9.51. The van der Waals surface area contributed by atoms with E-state index in [0.29, 0.717) is 0 Å². The van der Waals surface area contributed by atoms with Gasteiger partial charge in [-0.05, 0) is 50.1 Å². The molecule has 36 heavy (non-hydrogen) atoms. The van der Waals surface area contributed by atoms with Crippen molar-refractivity contribution in [3.05, 3.63) is 87.3 Å². The predicted molar refractivity (Wildman–Crippen MR) is 152 cm³/mol. The molecule has 176 valence electrons. The molecule has 0 N–H and O–H groups in total. The molecule has 0 spiro atoms. The maximum absolute atomic E-state index is 6.47. The second-order valence-electron chi connectivity index (χ2n) is 9.44. The molecule has 0 aliphatic rings. The lowest BCUT2D eigenvalue weighted by Crippen LogP contribution is -2.33. The molecule has 0 radical (unpaired) electrons. The van der Waals surface area contributed by atoms with E-state index in [1.165, 1.54) is 0 Å². The highest BCUT2D eigenvalue weighted by atomic mass is 127. The molecule has 3 aromatic heterocycles. The Hall–Kier alpha value is -3.65. The van der Waals surface area contributed by atoms with Gasteiger partial charge in [0.25, 0.3) is 5.82 Å². The third kappa shape index (κ3) is 2.88. The number of hydrogen-bond donors (Lipinski definition) is 0. The molecule has 0 aliphatic heterocycles. The number of fused-ring (bicyclic) bond motifs is 6. The van der Waals surface area contributed by atoms with Crippen molar-refractivity contribution in [1.82, 2.24) is 9.78 Å². The minimum atomic E-state index is 0.879. The van der Waals surface area contributed by atoms with Crippen molar-refractivity contribution in [1.29, 1.82) is 0 Å². The van der Waals surface area contributed by atoms with E-state index >= 15 is 0 Å². The van der Waals surface area contributed by atoms with Gasteiger partial charge in [0.2, 0.25) is 0 Å². The number of para-hydroxylation sites is 2. The van der Waals surface area contributed by atoms with Gasteiger partial charge in [-0.1, -0.05) is 53.2 Å². The number of benzene rings is 4. The summed E-state index contributed by atoms with van der Waals surface area (Å²) in [5.41, 5.74) is 8.98. The first kappa shape index (κ1) is 21.6. The van der Waals surface area contributed by atoms with Gasteiger partial charge >= 0.3 is 3.83 Å². The SMILES string of the molecule is Cc1cc2c(oc3ccccc32)c(C)c1-n1nc(I)[n+](C)c1-c1c(C)ccc2c1oc1ccccc12. The van der Waals surface area contributed by atoms with Crippen LogP contribution in [-0.2, 0) is 7.05 Å². The zero-order valence-electron chi connectivity index (χ0n) is 20.4.